The Kier molecular flexibility index (Phi) is 5.08. The van der Waals surface area contributed by atoms with Crippen LogP contribution in [-0.4, -0.2) is 20.4 Å². The largest absolute Gasteiger partial charge is 0.324 e. The Labute approximate surface area is 159 Å². The van der Waals surface area contributed by atoms with Gasteiger partial charge in [0.1, 0.15) is 6.04 Å². The third-order valence-corrected chi connectivity index (χ3v) is 4.51. The van der Waals surface area contributed by atoms with Gasteiger partial charge < -0.3 is 9.88 Å². The molecule has 0 aliphatic heterocycles. The maximum Gasteiger partial charge on any atom is 0.271 e. The standard InChI is InChI=1S/C19H18F2N4O3/c1-10(2)18(24-9-22-16-7-13(20)14(21)8-17(16)24)19(26)23-15-6-12(25(27)28)5-4-11(15)3/h4-10,18H,1-3H3,(H,23,26). The molecule has 3 rings (SSSR count). The summed E-state index contributed by atoms with van der Waals surface area (Å²) in [6, 6.07) is 5.37. The molecule has 0 spiro atoms. The summed E-state index contributed by atoms with van der Waals surface area (Å²) < 4.78 is 28.6. The number of anilines is 1. The molecule has 0 bridgehead atoms. The third-order valence-electron chi connectivity index (χ3n) is 4.51. The van der Waals surface area contributed by atoms with Gasteiger partial charge in [0.05, 0.1) is 28.0 Å². The van der Waals surface area contributed by atoms with Crippen LogP contribution in [0, 0.1) is 34.6 Å². The molecular weight excluding hydrogens is 370 g/mol. The predicted octanol–water partition coefficient (Wildman–Crippen LogP) is 4.37. The van der Waals surface area contributed by atoms with Gasteiger partial charge in [-0.25, -0.2) is 13.8 Å². The van der Waals surface area contributed by atoms with Crippen LogP contribution in [0.1, 0.15) is 25.5 Å². The minimum absolute atomic E-state index is 0.146. The number of hydrogen-bond donors (Lipinski definition) is 1. The van der Waals surface area contributed by atoms with Crippen molar-refractivity contribution in [1.29, 1.82) is 0 Å². The highest BCUT2D eigenvalue weighted by Gasteiger charge is 2.27. The van der Waals surface area contributed by atoms with E-state index in [1.165, 1.54) is 23.0 Å². The predicted molar refractivity (Wildman–Crippen MR) is 100.0 cm³/mol. The van der Waals surface area contributed by atoms with E-state index in [9.17, 15) is 23.7 Å². The van der Waals surface area contributed by atoms with Crippen LogP contribution in [0.2, 0.25) is 0 Å². The zero-order chi connectivity index (χ0) is 20.6. The number of aromatic nitrogens is 2. The van der Waals surface area contributed by atoms with E-state index in [4.69, 9.17) is 0 Å². The number of hydrogen-bond acceptors (Lipinski definition) is 4. The van der Waals surface area contributed by atoms with Gasteiger partial charge in [-0.1, -0.05) is 19.9 Å². The number of carbonyl (C=O) groups excluding carboxylic acids is 1. The number of benzene rings is 2. The zero-order valence-corrected chi connectivity index (χ0v) is 15.4. The second-order valence-corrected chi connectivity index (χ2v) is 6.84. The van der Waals surface area contributed by atoms with Crippen molar-refractivity contribution in [1.82, 2.24) is 9.55 Å². The van der Waals surface area contributed by atoms with E-state index in [2.05, 4.69) is 10.3 Å². The van der Waals surface area contributed by atoms with Gasteiger partial charge in [-0.05, 0) is 18.4 Å². The number of fused-ring (bicyclic) bond motifs is 1. The van der Waals surface area contributed by atoms with Crippen molar-refractivity contribution in [3.8, 4) is 0 Å². The summed E-state index contributed by atoms with van der Waals surface area (Å²) in [4.78, 5) is 27.5. The summed E-state index contributed by atoms with van der Waals surface area (Å²) in [5, 5.41) is 13.7. The van der Waals surface area contributed by atoms with Gasteiger partial charge >= 0.3 is 0 Å². The van der Waals surface area contributed by atoms with Crippen molar-refractivity contribution in [2.24, 2.45) is 5.92 Å². The lowest BCUT2D eigenvalue weighted by Crippen LogP contribution is -2.30. The number of halogens is 2. The molecular formula is C19H18F2N4O3. The van der Waals surface area contributed by atoms with Crippen LogP contribution >= 0.6 is 0 Å². The molecule has 0 fully saturated rings. The number of amides is 1. The van der Waals surface area contributed by atoms with Crippen molar-refractivity contribution in [2.75, 3.05) is 5.32 Å². The average molecular weight is 388 g/mol. The Morgan fingerprint density at radius 3 is 2.54 bits per heavy atom. The first-order valence-corrected chi connectivity index (χ1v) is 8.56. The second-order valence-electron chi connectivity index (χ2n) is 6.84. The van der Waals surface area contributed by atoms with Crippen molar-refractivity contribution < 1.29 is 18.5 Å². The Balaban J connectivity index is 2.00. The fourth-order valence-electron chi connectivity index (χ4n) is 3.06. The van der Waals surface area contributed by atoms with Crippen molar-refractivity contribution in [2.45, 2.75) is 26.8 Å². The fraction of sp³-hybridized carbons (Fsp3) is 0.263. The molecule has 28 heavy (non-hydrogen) atoms. The van der Waals surface area contributed by atoms with E-state index in [-0.39, 0.29) is 22.6 Å². The van der Waals surface area contributed by atoms with Gasteiger partial charge in [0, 0.05) is 24.3 Å². The van der Waals surface area contributed by atoms with Crippen LogP contribution < -0.4 is 5.32 Å². The molecule has 146 valence electrons. The number of nitrogens with one attached hydrogen (secondary N) is 1. The third kappa shape index (κ3) is 3.55. The lowest BCUT2D eigenvalue weighted by Gasteiger charge is -2.23. The van der Waals surface area contributed by atoms with E-state index in [1.807, 2.05) is 0 Å². The Hall–Kier alpha value is -3.36. The average Bonchev–Trinajstić information content (AvgIpc) is 2.99. The van der Waals surface area contributed by atoms with E-state index in [0.29, 0.717) is 11.3 Å². The SMILES string of the molecule is Cc1ccc([N+](=O)[O-])cc1NC(=O)C(C(C)C)n1cnc2cc(F)c(F)cc21. The molecule has 2 aromatic carbocycles. The van der Waals surface area contributed by atoms with Crippen LogP contribution in [0.25, 0.3) is 11.0 Å². The molecule has 3 aromatic rings. The molecule has 0 aliphatic rings. The number of nitro benzene ring substituents is 1. The Bertz CT molecular complexity index is 1080. The van der Waals surface area contributed by atoms with Crippen LogP contribution in [0.5, 0.6) is 0 Å². The molecule has 0 saturated carbocycles. The van der Waals surface area contributed by atoms with Crippen LogP contribution in [0.4, 0.5) is 20.2 Å². The van der Waals surface area contributed by atoms with Gasteiger partial charge in [0.25, 0.3) is 5.69 Å². The molecule has 7 nitrogen and oxygen atoms in total. The monoisotopic (exact) mass is 388 g/mol. The molecule has 1 atom stereocenters. The second kappa shape index (κ2) is 7.34. The molecule has 1 aromatic heterocycles. The molecule has 0 saturated heterocycles. The molecule has 1 amide bonds. The summed E-state index contributed by atoms with van der Waals surface area (Å²) in [7, 11) is 0. The van der Waals surface area contributed by atoms with Gasteiger partial charge in [0.2, 0.25) is 5.91 Å². The summed E-state index contributed by atoms with van der Waals surface area (Å²) in [6.45, 7) is 5.32. The molecule has 0 aliphatic carbocycles. The molecule has 1 heterocycles. The van der Waals surface area contributed by atoms with E-state index < -0.39 is 28.5 Å². The molecule has 1 unspecified atom stereocenters. The number of rotatable bonds is 5. The Morgan fingerprint density at radius 2 is 1.89 bits per heavy atom. The first kappa shape index (κ1) is 19.4. The summed E-state index contributed by atoms with van der Waals surface area (Å²) >= 11 is 0. The van der Waals surface area contributed by atoms with Crippen molar-refractivity contribution in [3.05, 3.63) is 64.0 Å². The van der Waals surface area contributed by atoms with Crippen LogP contribution in [-0.2, 0) is 4.79 Å². The number of nitro groups is 1. The number of aryl methyl sites for hydroxylation is 1. The zero-order valence-electron chi connectivity index (χ0n) is 15.4. The fourth-order valence-corrected chi connectivity index (χ4v) is 3.06. The maximum atomic E-state index is 13.7. The van der Waals surface area contributed by atoms with Crippen LogP contribution in [0.15, 0.2) is 36.7 Å². The molecule has 9 heteroatoms. The Morgan fingerprint density at radius 1 is 1.21 bits per heavy atom. The normalized spacial score (nSPS) is 12.4. The quantitative estimate of drug-likeness (QED) is 0.519. The van der Waals surface area contributed by atoms with E-state index in [0.717, 1.165) is 12.1 Å². The minimum atomic E-state index is -1.04. The van der Waals surface area contributed by atoms with Crippen LogP contribution in [0.3, 0.4) is 0 Å². The highest BCUT2D eigenvalue weighted by Crippen LogP contribution is 2.28. The van der Waals surface area contributed by atoms with Crippen molar-refractivity contribution in [3.63, 3.8) is 0 Å². The summed E-state index contributed by atoms with van der Waals surface area (Å²) in [5.74, 6) is -2.71. The van der Waals surface area contributed by atoms with Gasteiger partial charge in [-0.2, -0.15) is 0 Å². The van der Waals surface area contributed by atoms with E-state index >= 15 is 0 Å². The summed E-state index contributed by atoms with van der Waals surface area (Å²) in [6.07, 6.45) is 1.36. The lowest BCUT2D eigenvalue weighted by molar-refractivity contribution is -0.384. The lowest BCUT2D eigenvalue weighted by atomic mass is 10.0. The van der Waals surface area contributed by atoms with Gasteiger partial charge in [-0.15, -0.1) is 0 Å². The number of carbonyl (C=O) groups is 1. The minimum Gasteiger partial charge on any atom is -0.324 e. The smallest absolute Gasteiger partial charge is 0.271 e. The molecule has 0 radical (unpaired) electrons. The topological polar surface area (TPSA) is 90.1 Å². The number of nitrogens with zero attached hydrogens (tertiary/aromatic N) is 3. The number of non-ortho nitro benzene ring substituents is 1. The number of imidazole rings is 1. The highest BCUT2D eigenvalue weighted by atomic mass is 19.2. The summed E-state index contributed by atoms with van der Waals surface area (Å²) in [5.41, 5.74) is 1.33. The van der Waals surface area contributed by atoms with Crippen molar-refractivity contribution >= 4 is 28.3 Å². The van der Waals surface area contributed by atoms with E-state index in [1.54, 1.807) is 26.8 Å². The van der Waals surface area contributed by atoms with Gasteiger partial charge in [0.15, 0.2) is 11.6 Å². The maximum absolute atomic E-state index is 13.7. The van der Waals surface area contributed by atoms with Gasteiger partial charge in [-0.3, -0.25) is 14.9 Å². The highest BCUT2D eigenvalue weighted by molar-refractivity contribution is 5.96. The first-order valence-electron chi connectivity index (χ1n) is 8.56. The molecule has 1 N–H and O–H groups in total. The first-order chi connectivity index (χ1) is 13.2.